The van der Waals surface area contributed by atoms with Crippen molar-refractivity contribution < 1.29 is 9.53 Å². The van der Waals surface area contributed by atoms with Crippen LogP contribution in [0.2, 0.25) is 0 Å². The molecule has 1 aliphatic rings. The van der Waals surface area contributed by atoms with Crippen LogP contribution in [0.25, 0.3) is 5.78 Å². The molecule has 1 saturated carbocycles. The Hall–Kier alpha value is -2.02. The Kier molecular flexibility index (Phi) is 6.55. The summed E-state index contributed by atoms with van der Waals surface area (Å²) in [6.07, 6.45) is 10.2. The number of fused-ring (bicyclic) bond motifs is 1. The molecule has 0 radical (unpaired) electrons. The van der Waals surface area contributed by atoms with Crippen molar-refractivity contribution in [2.45, 2.75) is 71.3 Å². The largest absolute Gasteiger partial charge is 0.378 e. The van der Waals surface area contributed by atoms with E-state index >= 15 is 0 Å². The van der Waals surface area contributed by atoms with Crippen molar-refractivity contribution in [2.75, 3.05) is 13.2 Å². The maximum Gasteiger partial charge on any atom is 0.252 e. The number of nitrogens with one attached hydrogen (secondary N) is 1. The second-order valence-electron chi connectivity index (χ2n) is 7.07. The van der Waals surface area contributed by atoms with Gasteiger partial charge in [-0.2, -0.15) is 10.1 Å². The van der Waals surface area contributed by atoms with Crippen LogP contribution in [-0.4, -0.2) is 44.7 Å². The first-order valence-corrected chi connectivity index (χ1v) is 9.69. The van der Waals surface area contributed by atoms with Gasteiger partial charge in [0.2, 0.25) is 5.91 Å². The zero-order valence-electron chi connectivity index (χ0n) is 15.8. The van der Waals surface area contributed by atoms with Gasteiger partial charge in [0, 0.05) is 31.0 Å². The molecule has 2 aromatic heterocycles. The van der Waals surface area contributed by atoms with E-state index in [1.807, 2.05) is 13.8 Å². The van der Waals surface area contributed by atoms with E-state index in [0.717, 1.165) is 30.0 Å². The van der Waals surface area contributed by atoms with Crippen molar-refractivity contribution >= 4 is 11.7 Å². The molecular formula is C19H29N5O2. The lowest BCUT2D eigenvalue weighted by molar-refractivity contribution is -0.121. The second kappa shape index (κ2) is 9.07. The molecular weight excluding hydrogens is 330 g/mol. The Morgan fingerprint density at radius 3 is 2.92 bits per heavy atom. The highest BCUT2D eigenvalue weighted by atomic mass is 16.5. The molecule has 7 nitrogen and oxygen atoms in total. The van der Waals surface area contributed by atoms with Crippen LogP contribution in [-0.2, 0) is 16.0 Å². The maximum absolute atomic E-state index is 12.1. The molecule has 7 heteroatoms. The summed E-state index contributed by atoms with van der Waals surface area (Å²) in [5, 5.41) is 7.17. The quantitative estimate of drug-likeness (QED) is 0.733. The number of amides is 1. The van der Waals surface area contributed by atoms with Crippen molar-refractivity contribution in [1.82, 2.24) is 24.9 Å². The summed E-state index contributed by atoms with van der Waals surface area (Å²) in [4.78, 5) is 20.7. The van der Waals surface area contributed by atoms with E-state index in [1.54, 1.807) is 4.52 Å². The molecule has 1 fully saturated rings. The monoisotopic (exact) mass is 359 g/mol. The second-order valence-corrected chi connectivity index (χ2v) is 7.07. The highest BCUT2D eigenvalue weighted by Crippen LogP contribution is 2.20. The number of hydrogen-bond acceptors (Lipinski definition) is 5. The van der Waals surface area contributed by atoms with E-state index < -0.39 is 0 Å². The molecule has 0 aromatic carbocycles. The van der Waals surface area contributed by atoms with Crippen LogP contribution < -0.4 is 5.32 Å². The SMILES string of the molecule is Cc1nc2ncnn2c(C)c1CCC(=O)NCCCOC1CCCCC1. The molecule has 1 aliphatic carbocycles. The Morgan fingerprint density at radius 1 is 1.31 bits per heavy atom. The fourth-order valence-electron chi connectivity index (χ4n) is 3.63. The normalized spacial score (nSPS) is 15.5. The minimum Gasteiger partial charge on any atom is -0.378 e. The molecule has 26 heavy (non-hydrogen) atoms. The molecule has 1 amide bonds. The molecule has 3 rings (SSSR count). The summed E-state index contributed by atoms with van der Waals surface area (Å²) < 4.78 is 7.61. The lowest BCUT2D eigenvalue weighted by Crippen LogP contribution is -2.26. The highest BCUT2D eigenvalue weighted by molar-refractivity contribution is 5.76. The van der Waals surface area contributed by atoms with E-state index in [0.29, 0.717) is 31.3 Å². The van der Waals surface area contributed by atoms with Crippen LogP contribution in [0.3, 0.4) is 0 Å². The Balaban J connectivity index is 1.37. The summed E-state index contributed by atoms with van der Waals surface area (Å²) >= 11 is 0. The van der Waals surface area contributed by atoms with E-state index in [-0.39, 0.29) is 5.91 Å². The molecule has 142 valence electrons. The number of nitrogens with zero attached hydrogens (tertiary/aromatic N) is 4. The standard InChI is InChI=1S/C19H29N5O2/c1-14-17(15(2)24-19(23-14)21-13-22-24)9-10-18(25)20-11-6-12-26-16-7-4-3-5-8-16/h13,16H,3-12H2,1-2H3,(H,20,25). The fourth-order valence-corrected chi connectivity index (χ4v) is 3.63. The molecule has 0 unspecified atom stereocenters. The van der Waals surface area contributed by atoms with Gasteiger partial charge in [-0.1, -0.05) is 19.3 Å². The molecule has 0 atom stereocenters. The van der Waals surface area contributed by atoms with Crippen molar-refractivity contribution in [3.63, 3.8) is 0 Å². The number of carbonyl (C=O) groups excluding carboxylic acids is 1. The van der Waals surface area contributed by atoms with Gasteiger partial charge in [0.25, 0.3) is 5.78 Å². The van der Waals surface area contributed by atoms with Gasteiger partial charge in [0.15, 0.2) is 0 Å². The molecule has 2 heterocycles. The van der Waals surface area contributed by atoms with Gasteiger partial charge >= 0.3 is 0 Å². The summed E-state index contributed by atoms with van der Waals surface area (Å²) in [7, 11) is 0. The van der Waals surface area contributed by atoms with Crippen LogP contribution >= 0.6 is 0 Å². The molecule has 0 saturated heterocycles. The van der Waals surface area contributed by atoms with Crippen molar-refractivity contribution in [3.05, 3.63) is 23.3 Å². The van der Waals surface area contributed by atoms with Crippen LogP contribution in [0, 0.1) is 13.8 Å². The zero-order chi connectivity index (χ0) is 18.4. The lowest BCUT2D eigenvalue weighted by Gasteiger charge is -2.21. The first-order valence-electron chi connectivity index (χ1n) is 9.69. The van der Waals surface area contributed by atoms with E-state index in [2.05, 4.69) is 20.4 Å². The summed E-state index contributed by atoms with van der Waals surface area (Å²) in [5.74, 6) is 0.673. The lowest BCUT2D eigenvalue weighted by atomic mass is 9.98. The third kappa shape index (κ3) is 4.78. The van der Waals surface area contributed by atoms with Gasteiger partial charge in [0.05, 0.1) is 6.10 Å². The topological polar surface area (TPSA) is 81.4 Å². The van der Waals surface area contributed by atoms with Gasteiger partial charge < -0.3 is 10.1 Å². The van der Waals surface area contributed by atoms with Crippen LogP contribution in [0.5, 0.6) is 0 Å². The fraction of sp³-hybridized carbons (Fsp3) is 0.684. The maximum atomic E-state index is 12.1. The number of hydrogen-bond donors (Lipinski definition) is 1. The summed E-state index contributed by atoms with van der Waals surface area (Å²) in [5.41, 5.74) is 2.98. The van der Waals surface area contributed by atoms with Crippen LogP contribution in [0.1, 0.15) is 61.9 Å². The molecule has 0 spiro atoms. The Bertz CT molecular complexity index is 737. The first kappa shape index (κ1) is 18.8. The molecule has 1 N–H and O–H groups in total. The highest BCUT2D eigenvalue weighted by Gasteiger charge is 2.14. The molecule has 0 bridgehead atoms. The minimum atomic E-state index is 0.0696. The number of aromatic nitrogens is 4. The van der Waals surface area contributed by atoms with Gasteiger partial charge in [-0.25, -0.2) is 9.50 Å². The Labute approximate surface area is 154 Å². The van der Waals surface area contributed by atoms with Crippen molar-refractivity contribution in [1.29, 1.82) is 0 Å². The predicted molar refractivity (Wildman–Crippen MR) is 99.0 cm³/mol. The summed E-state index contributed by atoms with van der Waals surface area (Å²) in [6.45, 7) is 5.35. The van der Waals surface area contributed by atoms with Gasteiger partial charge in [0.1, 0.15) is 6.33 Å². The average molecular weight is 359 g/mol. The number of aryl methyl sites for hydroxylation is 2. The average Bonchev–Trinajstić information content (AvgIpc) is 3.10. The van der Waals surface area contributed by atoms with E-state index in [4.69, 9.17) is 4.74 Å². The Morgan fingerprint density at radius 2 is 2.12 bits per heavy atom. The zero-order valence-corrected chi connectivity index (χ0v) is 15.8. The van der Waals surface area contributed by atoms with Gasteiger partial charge in [-0.05, 0) is 45.1 Å². The number of ether oxygens (including phenoxy) is 1. The van der Waals surface area contributed by atoms with E-state index in [9.17, 15) is 4.79 Å². The van der Waals surface area contributed by atoms with Crippen LogP contribution in [0.15, 0.2) is 6.33 Å². The number of carbonyl (C=O) groups is 1. The van der Waals surface area contributed by atoms with Crippen molar-refractivity contribution in [2.24, 2.45) is 0 Å². The molecule has 2 aromatic rings. The van der Waals surface area contributed by atoms with Gasteiger partial charge in [-0.3, -0.25) is 4.79 Å². The first-order chi connectivity index (χ1) is 12.6. The van der Waals surface area contributed by atoms with Crippen molar-refractivity contribution in [3.8, 4) is 0 Å². The third-order valence-corrected chi connectivity index (χ3v) is 5.14. The third-order valence-electron chi connectivity index (χ3n) is 5.14. The predicted octanol–water partition coefficient (Wildman–Crippen LogP) is 2.53. The number of rotatable bonds is 8. The van der Waals surface area contributed by atoms with Crippen LogP contribution in [0.4, 0.5) is 0 Å². The smallest absolute Gasteiger partial charge is 0.252 e. The minimum absolute atomic E-state index is 0.0696. The summed E-state index contributed by atoms with van der Waals surface area (Å²) in [6, 6.07) is 0. The van der Waals surface area contributed by atoms with E-state index in [1.165, 1.54) is 38.4 Å². The van der Waals surface area contributed by atoms with Gasteiger partial charge in [-0.15, -0.1) is 0 Å². The molecule has 0 aliphatic heterocycles.